The van der Waals surface area contributed by atoms with Crippen molar-refractivity contribution in [1.82, 2.24) is 10.2 Å². The van der Waals surface area contributed by atoms with Gasteiger partial charge in [-0.2, -0.15) is 10.5 Å². The zero-order chi connectivity index (χ0) is 13.1. The van der Waals surface area contributed by atoms with Crippen molar-refractivity contribution in [3.8, 4) is 12.1 Å². The Labute approximate surface area is 107 Å². The van der Waals surface area contributed by atoms with Crippen molar-refractivity contribution in [3.63, 3.8) is 0 Å². The number of aromatic nitrogens is 2. The minimum atomic E-state index is -0.876. The lowest BCUT2D eigenvalue weighted by atomic mass is 9.86. The average molecular weight is 258 g/mol. The lowest BCUT2D eigenvalue weighted by Gasteiger charge is -2.14. The first kappa shape index (κ1) is 12.2. The highest BCUT2D eigenvalue weighted by molar-refractivity contribution is 7.10. The zero-order valence-electron chi connectivity index (χ0n) is 9.60. The zero-order valence-corrected chi connectivity index (χ0v) is 10.4. The van der Waals surface area contributed by atoms with Gasteiger partial charge >= 0.3 is 0 Å². The molecule has 90 valence electrons. The van der Waals surface area contributed by atoms with Gasteiger partial charge in [0.25, 0.3) is 5.56 Å². The molecule has 0 aliphatic carbocycles. The molecule has 0 saturated carbocycles. The molecule has 0 fully saturated rings. The van der Waals surface area contributed by atoms with E-state index in [-0.39, 0.29) is 5.56 Å². The monoisotopic (exact) mass is 258 g/mol. The maximum atomic E-state index is 11.8. The van der Waals surface area contributed by atoms with E-state index in [2.05, 4.69) is 10.2 Å². The Morgan fingerprint density at radius 3 is 2.50 bits per heavy atom. The lowest BCUT2D eigenvalue weighted by molar-refractivity contribution is 0.712. The quantitative estimate of drug-likeness (QED) is 0.879. The number of nitriles is 2. The van der Waals surface area contributed by atoms with Gasteiger partial charge in [-0.15, -0.1) is 11.3 Å². The summed E-state index contributed by atoms with van der Waals surface area (Å²) in [6.07, 6.45) is 0. The third-order valence-electron chi connectivity index (χ3n) is 2.78. The first-order valence-corrected chi connectivity index (χ1v) is 6.16. The topological polar surface area (TPSA) is 96.2 Å². The molecule has 2 aromatic rings. The molecule has 1 atom stereocenters. The Morgan fingerprint density at radius 1 is 1.33 bits per heavy atom. The molecule has 18 heavy (non-hydrogen) atoms. The van der Waals surface area contributed by atoms with E-state index in [4.69, 9.17) is 10.5 Å². The van der Waals surface area contributed by atoms with Gasteiger partial charge in [-0.1, -0.05) is 6.07 Å². The number of nitrogens with one attached hydrogen (secondary N) is 2. The summed E-state index contributed by atoms with van der Waals surface area (Å²) >= 11 is 1.44. The maximum absolute atomic E-state index is 11.8. The summed E-state index contributed by atoms with van der Waals surface area (Å²) in [6, 6.07) is 7.60. The van der Waals surface area contributed by atoms with Crippen molar-refractivity contribution in [2.24, 2.45) is 5.92 Å². The molecule has 0 aliphatic rings. The van der Waals surface area contributed by atoms with Gasteiger partial charge in [0.1, 0.15) is 5.92 Å². The van der Waals surface area contributed by atoms with Gasteiger partial charge in [0.15, 0.2) is 0 Å². The first-order valence-electron chi connectivity index (χ1n) is 5.28. The Hall–Kier alpha value is -2.31. The van der Waals surface area contributed by atoms with Gasteiger partial charge in [0.05, 0.1) is 18.1 Å². The van der Waals surface area contributed by atoms with E-state index in [1.54, 1.807) is 6.92 Å². The molecule has 5 nitrogen and oxygen atoms in total. The average Bonchev–Trinajstić information content (AvgIpc) is 2.99. The van der Waals surface area contributed by atoms with Crippen LogP contribution in [0.2, 0.25) is 0 Å². The fourth-order valence-corrected chi connectivity index (χ4v) is 2.82. The molecule has 0 spiro atoms. The summed E-state index contributed by atoms with van der Waals surface area (Å²) < 4.78 is 0. The number of aryl methyl sites for hydroxylation is 1. The van der Waals surface area contributed by atoms with Crippen molar-refractivity contribution in [3.05, 3.63) is 44.0 Å². The third-order valence-corrected chi connectivity index (χ3v) is 3.74. The van der Waals surface area contributed by atoms with E-state index in [0.29, 0.717) is 11.3 Å². The molecule has 0 aromatic carbocycles. The van der Waals surface area contributed by atoms with E-state index < -0.39 is 11.8 Å². The van der Waals surface area contributed by atoms with Crippen molar-refractivity contribution < 1.29 is 0 Å². The second-order valence-electron chi connectivity index (χ2n) is 3.85. The summed E-state index contributed by atoms with van der Waals surface area (Å²) in [7, 11) is 0. The number of thiophene rings is 1. The molecular weight excluding hydrogens is 248 g/mol. The van der Waals surface area contributed by atoms with E-state index in [1.807, 2.05) is 29.7 Å². The number of hydrogen-bond donors (Lipinski definition) is 2. The van der Waals surface area contributed by atoms with Gasteiger partial charge in [-0.3, -0.25) is 9.89 Å². The van der Waals surface area contributed by atoms with Crippen LogP contribution in [0, 0.1) is 35.5 Å². The fourth-order valence-electron chi connectivity index (χ4n) is 1.95. The second kappa shape index (κ2) is 4.91. The van der Waals surface area contributed by atoms with Crippen LogP contribution in [0.25, 0.3) is 0 Å². The Bertz CT molecular complexity index is 654. The van der Waals surface area contributed by atoms with Crippen LogP contribution in [0.15, 0.2) is 22.3 Å². The van der Waals surface area contributed by atoms with Gasteiger partial charge in [0, 0.05) is 16.1 Å². The molecular formula is C12H10N4OS. The molecule has 6 heteroatoms. The molecule has 2 N–H and O–H groups in total. The van der Waals surface area contributed by atoms with Gasteiger partial charge < -0.3 is 5.10 Å². The van der Waals surface area contributed by atoms with Crippen molar-refractivity contribution in [2.75, 3.05) is 0 Å². The molecule has 2 heterocycles. The van der Waals surface area contributed by atoms with E-state index in [9.17, 15) is 4.79 Å². The number of H-pyrrole nitrogens is 2. The van der Waals surface area contributed by atoms with E-state index in [1.165, 1.54) is 11.3 Å². The standard InChI is InChI=1S/C12H10N4OS/c1-7-10(12(17)16-15-7)11(8(5-13)6-14)9-3-2-4-18-9/h2-4,8,11H,1H3,(H2,15,16,17)/t11-/m1/s1. The molecule has 0 unspecified atom stereocenters. The second-order valence-corrected chi connectivity index (χ2v) is 4.83. The van der Waals surface area contributed by atoms with E-state index >= 15 is 0 Å². The summed E-state index contributed by atoms with van der Waals surface area (Å²) in [5.41, 5.74) is 0.848. The predicted molar refractivity (Wildman–Crippen MR) is 67.0 cm³/mol. The SMILES string of the molecule is Cc1[nH][nH]c(=O)c1[C@@H](c1cccs1)C(C#N)C#N. The molecule has 0 amide bonds. The van der Waals surface area contributed by atoms with Gasteiger partial charge in [-0.05, 0) is 18.4 Å². The highest BCUT2D eigenvalue weighted by Crippen LogP contribution is 2.33. The van der Waals surface area contributed by atoms with Crippen molar-refractivity contribution in [1.29, 1.82) is 10.5 Å². The molecule has 2 rings (SSSR count). The molecule has 0 aliphatic heterocycles. The lowest BCUT2D eigenvalue weighted by Crippen LogP contribution is -2.18. The van der Waals surface area contributed by atoms with Gasteiger partial charge in [0.2, 0.25) is 0 Å². The summed E-state index contributed by atoms with van der Waals surface area (Å²) in [5, 5.41) is 25.3. The molecule has 0 radical (unpaired) electrons. The molecule has 0 saturated heterocycles. The number of aromatic amines is 2. The van der Waals surface area contributed by atoms with E-state index in [0.717, 1.165) is 4.88 Å². The highest BCUT2D eigenvalue weighted by Gasteiger charge is 2.30. The van der Waals surface area contributed by atoms with Crippen LogP contribution in [-0.4, -0.2) is 10.2 Å². The van der Waals surface area contributed by atoms with Crippen LogP contribution in [0.3, 0.4) is 0 Å². The van der Waals surface area contributed by atoms with Crippen LogP contribution in [0.5, 0.6) is 0 Å². The van der Waals surface area contributed by atoms with Crippen LogP contribution in [-0.2, 0) is 0 Å². The van der Waals surface area contributed by atoms with Crippen molar-refractivity contribution >= 4 is 11.3 Å². The fraction of sp³-hybridized carbons (Fsp3) is 0.250. The highest BCUT2D eigenvalue weighted by atomic mass is 32.1. The smallest absolute Gasteiger partial charge is 0.268 e. The number of hydrogen-bond acceptors (Lipinski definition) is 4. The van der Waals surface area contributed by atoms with Gasteiger partial charge in [-0.25, -0.2) is 0 Å². The summed E-state index contributed by atoms with van der Waals surface area (Å²) in [4.78, 5) is 12.7. The maximum Gasteiger partial charge on any atom is 0.268 e. The molecule has 0 bridgehead atoms. The summed E-state index contributed by atoms with van der Waals surface area (Å²) in [6.45, 7) is 1.75. The Morgan fingerprint density at radius 2 is 2.06 bits per heavy atom. The minimum absolute atomic E-state index is 0.276. The Kier molecular flexibility index (Phi) is 3.31. The van der Waals surface area contributed by atoms with Crippen LogP contribution in [0.4, 0.5) is 0 Å². The molecule has 2 aromatic heterocycles. The largest absolute Gasteiger partial charge is 0.302 e. The van der Waals surface area contributed by atoms with Crippen LogP contribution < -0.4 is 5.56 Å². The normalized spacial score (nSPS) is 12.0. The number of rotatable bonds is 3. The first-order chi connectivity index (χ1) is 8.69. The minimum Gasteiger partial charge on any atom is -0.302 e. The third kappa shape index (κ3) is 1.94. The van der Waals surface area contributed by atoms with Crippen molar-refractivity contribution in [2.45, 2.75) is 12.8 Å². The number of nitrogens with zero attached hydrogens (tertiary/aromatic N) is 2. The predicted octanol–water partition coefficient (Wildman–Crippen LogP) is 1.87. The Balaban J connectivity index is 2.62. The van der Waals surface area contributed by atoms with Crippen LogP contribution in [0.1, 0.15) is 22.1 Å². The van der Waals surface area contributed by atoms with Crippen LogP contribution >= 0.6 is 11.3 Å². The summed E-state index contributed by atoms with van der Waals surface area (Å²) in [5.74, 6) is -1.38.